The van der Waals surface area contributed by atoms with E-state index in [9.17, 15) is 24.3 Å². The monoisotopic (exact) mass is 869 g/mol. The van der Waals surface area contributed by atoms with E-state index in [1.165, 1.54) is 4.90 Å². The minimum atomic E-state index is -0.974. The van der Waals surface area contributed by atoms with Gasteiger partial charge in [-0.1, -0.05) is 57.2 Å². The predicted molar refractivity (Wildman–Crippen MR) is 233 cm³/mol. The third-order valence-electron chi connectivity index (χ3n) is 11.0. The second-order valence-electron chi connectivity index (χ2n) is 16.6. The Hall–Kier alpha value is -5.53. The molecule has 4 amide bonds. The molecule has 2 aromatic carbocycles. The number of hydrogen-bond donors (Lipinski definition) is 3. The summed E-state index contributed by atoms with van der Waals surface area (Å²) in [6.45, 7) is 10.5. The number of para-hydroxylation sites is 2. The highest BCUT2D eigenvalue weighted by atomic mass is 32.1. The Labute approximate surface area is 364 Å². The van der Waals surface area contributed by atoms with Gasteiger partial charge in [-0.05, 0) is 41.7 Å². The molecular formula is C44H55N9O8S. The van der Waals surface area contributed by atoms with E-state index >= 15 is 0 Å². The predicted octanol–water partition coefficient (Wildman–Crippen LogP) is 2.82. The molecule has 2 aliphatic rings. The average molecular weight is 870 g/mol. The number of anilines is 1. The van der Waals surface area contributed by atoms with E-state index in [4.69, 9.17) is 19.2 Å². The molecule has 0 bridgehead atoms. The third-order valence-corrected chi connectivity index (χ3v) is 12.0. The summed E-state index contributed by atoms with van der Waals surface area (Å²) >= 11 is 1.57. The normalized spacial score (nSPS) is 17.5. The quantitative estimate of drug-likeness (QED) is 0.116. The SMILES string of the molecule is Cc1ncsc1-c1ccc(CNC(=O)[C@@H]2C[C@@H](O)CN2C(=O)[C@@H](NC(=O)COCCOCCOCC(=O)N2CCN(c3ccn4c(n3)nc3ccccc34)CC2)C(C)(C)C)cc1. The lowest BCUT2D eigenvalue weighted by Gasteiger charge is -2.35. The van der Waals surface area contributed by atoms with Crippen molar-refractivity contribution >= 4 is 57.6 Å². The number of β-amino-alcohol motifs (C(OH)–C–C–N with tert-alkyl or cyclic N) is 1. The maximum Gasteiger partial charge on any atom is 0.248 e. The summed E-state index contributed by atoms with van der Waals surface area (Å²) in [5.74, 6) is 0.0553. The number of nitrogens with zero attached hydrogens (tertiary/aromatic N) is 7. The topological polar surface area (TPSA) is 193 Å². The van der Waals surface area contributed by atoms with Gasteiger partial charge in [-0.3, -0.25) is 23.6 Å². The van der Waals surface area contributed by atoms with Gasteiger partial charge in [0.1, 0.15) is 31.1 Å². The van der Waals surface area contributed by atoms with E-state index in [0.717, 1.165) is 38.5 Å². The van der Waals surface area contributed by atoms with Gasteiger partial charge in [0.15, 0.2) is 0 Å². The molecule has 2 aliphatic heterocycles. The number of aromatic nitrogens is 4. The number of carbonyl (C=O) groups excluding carboxylic acids is 4. The van der Waals surface area contributed by atoms with Crippen molar-refractivity contribution in [2.45, 2.75) is 58.8 Å². The smallest absolute Gasteiger partial charge is 0.248 e. The number of ether oxygens (including phenoxy) is 3. The van der Waals surface area contributed by atoms with Crippen LogP contribution in [0.2, 0.25) is 0 Å². The van der Waals surface area contributed by atoms with Crippen LogP contribution in [0.4, 0.5) is 5.82 Å². The molecule has 0 radical (unpaired) electrons. The van der Waals surface area contributed by atoms with E-state index in [-0.39, 0.29) is 71.0 Å². The number of nitrogens with one attached hydrogen (secondary N) is 2. The van der Waals surface area contributed by atoms with Crippen LogP contribution in [-0.4, -0.2) is 148 Å². The van der Waals surface area contributed by atoms with Crippen molar-refractivity contribution in [3.05, 3.63) is 77.6 Å². The summed E-state index contributed by atoms with van der Waals surface area (Å²) in [5.41, 5.74) is 5.91. The summed E-state index contributed by atoms with van der Waals surface area (Å²) in [6.07, 6.45) is 1.20. The molecule has 2 saturated heterocycles. The number of rotatable bonds is 17. The van der Waals surface area contributed by atoms with Gasteiger partial charge in [-0.15, -0.1) is 11.3 Å². The van der Waals surface area contributed by atoms with Crippen molar-refractivity contribution in [3.63, 3.8) is 0 Å². The fourth-order valence-electron chi connectivity index (χ4n) is 7.64. The number of aliphatic hydroxyl groups is 1. The Morgan fingerprint density at radius 1 is 0.903 bits per heavy atom. The Kier molecular flexibility index (Phi) is 14.4. The molecule has 0 unspecified atom stereocenters. The van der Waals surface area contributed by atoms with E-state index in [2.05, 4.69) is 25.5 Å². The van der Waals surface area contributed by atoms with Gasteiger partial charge in [0, 0.05) is 51.9 Å². The van der Waals surface area contributed by atoms with Crippen LogP contribution in [0.3, 0.4) is 0 Å². The largest absolute Gasteiger partial charge is 0.391 e. The third kappa shape index (κ3) is 10.9. The number of thiazole rings is 1. The van der Waals surface area contributed by atoms with Crippen molar-refractivity contribution in [3.8, 4) is 10.4 Å². The van der Waals surface area contributed by atoms with Crippen LogP contribution in [-0.2, 0) is 39.9 Å². The fraction of sp³-hybridized carbons (Fsp3) is 0.477. The molecule has 2 fully saturated rings. The molecule has 0 aliphatic carbocycles. The number of amides is 4. The number of hydrogen-bond acceptors (Lipinski definition) is 13. The van der Waals surface area contributed by atoms with Gasteiger partial charge in [0.2, 0.25) is 29.4 Å². The number of benzene rings is 2. The number of carbonyl (C=O) groups is 4. The molecular weight excluding hydrogens is 815 g/mol. The summed E-state index contributed by atoms with van der Waals surface area (Å²) in [7, 11) is 0. The maximum absolute atomic E-state index is 13.9. The van der Waals surface area contributed by atoms with Gasteiger partial charge in [-0.2, -0.15) is 4.98 Å². The van der Waals surface area contributed by atoms with E-state index in [1.807, 2.05) is 98.4 Å². The van der Waals surface area contributed by atoms with E-state index in [0.29, 0.717) is 32.0 Å². The molecule has 3 N–H and O–H groups in total. The highest BCUT2D eigenvalue weighted by Gasteiger charge is 2.44. The van der Waals surface area contributed by atoms with Crippen molar-refractivity contribution in [2.75, 3.05) is 77.3 Å². The van der Waals surface area contributed by atoms with Crippen LogP contribution in [0, 0.1) is 12.3 Å². The molecule has 0 spiro atoms. The highest BCUT2D eigenvalue weighted by molar-refractivity contribution is 7.13. The van der Waals surface area contributed by atoms with Crippen molar-refractivity contribution in [2.24, 2.45) is 5.41 Å². The van der Waals surface area contributed by atoms with E-state index < -0.39 is 35.4 Å². The molecule has 5 aromatic rings. The van der Waals surface area contributed by atoms with Gasteiger partial charge in [0.25, 0.3) is 0 Å². The second-order valence-corrected chi connectivity index (χ2v) is 17.4. The molecule has 7 rings (SSSR count). The van der Waals surface area contributed by atoms with Gasteiger partial charge >= 0.3 is 0 Å². The Morgan fingerprint density at radius 3 is 2.32 bits per heavy atom. The minimum Gasteiger partial charge on any atom is -0.391 e. The van der Waals surface area contributed by atoms with Crippen LogP contribution in [0.1, 0.15) is 38.4 Å². The molecule has 62 heavy (non-hydrogen) atoms. The van der Waals surface area contributed by atoms with Gasteiger partial charge in [-0.25, -0.2) is 9.97 Å². The lowest BCUT2D eigenvalue weighted by Crippen LogP contribution is -2.58. The fourth-order valence-corrected chi connectivity index (χ4v) is 8.45. The lowest BCUT2D eigenvalue weighted by molar-refractivity contribution is -0.144. The average Bonchev–Trinajstić information content (AvgIpc) is 3.99. The zero-order valence-electron chi connectivity index (χ0n) is 35.6. The first kappa shape index (κ1) is 44.5. The van der Waals surface area contributed by atoms with Crippen LogP contribution < -0.4 is 15.5 Å². The maximum atomic E-state index is 13.9. The summed E-state index contributed by atoms with van der Waals surface area (Å²) in [4.78, 5) is 73.1. The lowest BCUT2D eigenvalue weighted by atomic mass is 9.85. The van der Waals surface area contributed by atoms with Crippen LogP contribution in [0.15, 0.2) is 66.3 Å². The number of likely N-dealkylation sites (tertiary alicyclic amines) is 1. The number of piperazine rings is 1. The molecule has 5 heterocycles. The first-order valence-electron chi connectivity index (χ1n) is 20.9. The summed E-state index contributed by atoms with van der Waals surface area (Å²) in [6, 6.07) is 15.9. The standard InChI is InChI=1S/C44H55N9O8S/c1-29-39(62-28-46-29)31-11-9-30(10-12-31)24-45-41(57)35-23-32(54)25-53(35)42(58)40(44(2,3)4)49-37(55)26-60-21-19-59-20-22-61-27-38(56)51-17-15-50(16-18-51)36-13-14-52-34-8-6-5-7-33(34)47-43(52)48-36/h5-14,28,32,35,40,54H,15-27H2,1-4H3,(H,45,57)(H,49,55)/t32-,35+,40-/m1/s1. The molecule has 3 aromatic heterocycles. The number of aryl methyl sites for hydroxylation is 1. The molecule has 3 atom stereocenters. The molecule has 330 valence electrons. The first-order valence-corrected chi connectivity index (χ1v) is 21.8. The van der Waals surface area contributed by atoms with Crippen LogP contribution in [0.25, 0.3) is 27.3 Å². The zero-order valence-corrected chi connectivity index (χ0v) is 36.4. The van der Waals surface area contributed by atoms with Crippen molar-refractivity contribution in [1.82, 2.24) is 39.8 Å². The number of fused-ring (bicyclic) bond motifs is 3. The first-order chi connectivity index (χ1) is 29.9. The summed E-state index contributed by atoms with van der Waals surface area (Å²) in [5, 5.41) is 16.2. The molecule has 17 nitrogen and oxygen atoms in total. The second kappa shape index (κ2) is 20.1. The van der Waals surface area contributed by atoms with Crippen molar-refractivity contribution in [1.29, 1.82) is 0 Å². The Bertz CT molecular complexity index is 2340. The Morgan fingerprint density at radius 2 is 1.61 bits per heavy atom. The van der Waals surface area contributed by atoms with Crippen LogP contribution in [0.5, 0.6) is 0 Å². The zero-order chi connectivity index (χ0) is 43.8. The van der Waals surface area contributed by atoms with Crippen LogP contribution >= 0.6 is 11.3 Å². The molecule has 0 saturated carbocycles. The minimum absolute atomic E-state index is 0.0216. The van der Waals surface area contributed by atoms with Crippen molar-refractivity contribution < 1.29 is 38.5 Å². The Balaban J connectivity index is 0.766. The molecule has 18 heteroatoms. The highest BCUT2D eigenvalue weighted by Crippen LogP contribution is 2.28. The van der Waals surface area contributed by atoms with E-state index in [1.54, 1.807) is 16.2 Å². The number of aliphatic hydroxyl groups excluding tert-OH is 1. The van der Waals surface area contributed by atoms with Gasteiger partial charge < -0.3 is 44.7 Å². The number of imidazole rings is 1. The van der Waals surface area contributed by atoms with Gasteiger partial charge in [0.05, 0.1) is 59.6 Å². The summed E-state index contributed by atoms with van der Waals surface area (Å²) < 4.78 is 18.6.